The zero-order valence-electron chi connectivity index (χ0n) is 11.2. The molecule has 1 heterocycles. The molecule has 0 bridgehead atoms. The Morgan fingerprint density at radius 1 is 1.33 bits per heavy atom. The molecule has 96 valence electrons. The zero-order valence-corrected chi connectivity index (χ0v) is 11.2. The van der Waals surface area contributed by atoms with Crippen molar-refractivity contribution in [1.82, 2.24) is 5.32 Å². The van der Waals surface area contributed by atoms with Gasteiger partial charge < -0.3 is 9.73 Å². The molecule has 1 aromatic heterocycles. The standard InChI is InChI=1S/C16H21NO/c1-16(2)9-5-8-15(16)17-10-12-11-18-14-7-4-3-6-13(12)14/h3-4,6-7,11,15,17H,5,8-10H2,1-2H3. The zero-order chi connectivity index (χ0) is 12.6. The maximum atomic E-state index is 5.58. The van der Waals surface area contributed by atoms with Crippen LogP contribution in [-0.4, -0.2) is 6.04 Å². The van der Waals surface area contributed by atoms with Crippen molar-refractivity contribution in [2.24, 2.45) is 5.41 Å². The second-order valence-electron chi connectivity index (χ2n) is 6.07. The summed E-state index contributed by atoms with van der Waals surface area (Å²) in [6.07, 6.45) is 5.86. The van der Waals surface area contributed by atoms with Crippen LogP contribution in [0.1, 0.15) is 38.7 Å². The fourth-order valence-electron chi connectivity index (χ4n) is 3.11. The fraction of sp³-hybridized carbons (Fsp3) is 0.500. The van der Waals surface area contributed by atoms with Crippen molar-refractivity contribution < 1.29 is 4.42 Å². The van der Waals surface area contributed by atoms with E-state index in [1.165, 1.54) is 30.2 Å². The molecule has 1 atom stereocenters. The first kappa shape index (κ1) is 11.8. The Balaban J connectivity index is 1.74. The predicted octanol–water partition coefficient (Wildman–Crippen LogP) is 4.10. The van der Waals surface area contributed by atoms with Crippen LogP contribution in [0.3, 0.4) is 0 Å². The smallest absolute Gasteiger partial charge is 0.134 e. The highest BCUT2D eigenvalue weighted by molar-refractivity contribution is 5.80. The van der Waals surface area contributed by atoms with E-state index >= 15 is 0 Å². The van der Waals surface area contributed by atoms with Gasteiger partial charge in [0.15, 0.2) is 0 Å². The molecule has 0 aliphatic heterocycles. The summed E-state index contributed by atoms with van der Waals surface area (Å²) in [6, 6.07) is 8.88. The summed E-state index contributed by atoms with van der Waals surface area (Å²) >= 11 is 0. The van der Waals surface area contributed by atoms with Gasteiger partial charge in [0.25, 0.3) is 0 Å². The maximum absolute atomic E-state index is 5.58. The van der Waals surface area contributed by atoms with Crippen molar-refractivity contribution in [3.63, 3.8) is 0 Å². The highest BCUT2D eigenvalue weighted by atomic mass is 16.3. The largest absolute Gasteiger partial charge is 0.464 e. The maximum Gasteiger partial charge on any atom is 0.134 e. The summed E-state index contributed by atoms with van der Waals surface area (Å²) in [6.45, 7) is 5.64. The van der Waals surface area contributed by atoms with Crippen LogP contribution >= 0.6 is 0 Å². The summed E-state index contributed by atoms with van der Waals surface area (Å²) in [4.78, 5) is 0. The predicted molar refractivity (Wildman–Crippen MR) is 74.5 cm³/mol. The molecule has 0 radical (unpaired) electrons. The quantitative estimate of drug-likeness (QED) is 0.878. The Morgan fingerprint density at radius 2 is 2.17 bits per heavy atom. The minimum atomic E-state index is 0.430. The summed E-state index contributed by atoms with van der Waals surface area (Å²) in [5.41, 5.74) is 2.69. The number of fused-ring (bicyclic) bond motifs is 1. The summed E-state index contributed by atoms with van der Waals surface area (Å²) in [5, 5.41) is 4.94. The molecule has 1 N–H and O–H groups in total. The second-order valence-corrected chi connectivity index (χ2v) is 6.07. The van der Waals surface area contributed by atoms with E-state index in [-0.39, 0.29) is 0 Å². The van der Waals surface area contributed by atoms with Gasteiger partial charge in [-0.2, -0.15) is 0 Å². The van der Waals surface area contributed by atoms with Crippen LogP contribution in [0.2, 0.25) is 0 Å². The third kappa shape index (κ3) is 2.05. The Kier molecular flexibility index (Phi) is 2.90. The lowest BCUT2D eigenvalue weighted by Crippen LogP contribution is -2.37. The lowest BCUT2D eigenvalue weighted by molar-refractivity contribution is 0.282. The molecule has 0 spiro atoms. The van der Waals surface area contributed by atoms with Crippen molar-refractivity contribution in [2.45, 2.75) is 45.7 Å². The normalized spacial score (nSPS) is 22.7. The van der Waals surface area contributed by atoms with E-state index in [9.17, 15) is 0 Å². The molecule has 0 amide bonds. The third-order valence-electron chi connectivity index (χ3n) is 4.36. The number of furan rings is 1. The molecule has 3 rings (SSSR count). The van der Waals surface area contributed by atoms with Gasteiger partial charge in [0, 0.05) is 23.5 Å². The van der Waals surface area contributed by atoms with E-state index in [2.05, 4.69) is 31.3 Å². The van der Waals surface area contributed by atoms with E-state index in [1.54, 1.807) is 0 Å². The Morgan fingerprint density at radius 3 is 2.94 bits per heavy atom. The average molecular weight is 243 g/mol. The molecule has 1 fully saturated rings. The number of nitrogens with one attached hydrogen (secondary N) is 1. The summed E-state index contributed by atoms with van der Waals surface area (Å²) < 4.78 is 5.58. The van der Waals surface area contributed by atoms with Gasteiger partial charge in [-0.05, 0) is 24.3 Å². The van der Waals surface area contributed by atoms with Crippen molar-refractivity contribution >= 4 is 11.0 Å². The number of para-hydroxylation sites is 1. The topological polar surface area (TPSA) is 25.2 Å². The van der Waals surface area contributed by atoms with Crippen molar-refractivity contribution in [2.75, 3.05) is 0 Å². The fourth-order valence-corrected chi connectivity index (χ4v) is 3.11. The summed E-state index contributed by atoms with van der Waals surface area (Å²) in [7, 11) is 0. The molecule has 1 aliphatic rings. The third-order valence-corrected chi connectivity index (χ3v) is 4.36. The number of hydrogen-bond donors (Lipinski definition) is 1. The van der Waals surface area contributed by atoms with Gasteiger partial charge in [-0.15, -0.1) is 0 Å². The van der Waals surface area contributed by atoms with Crippen molar-refractivity contribution in [3.8, 4) is 0 Å². The molecular formula is C16H21NO. The van der Waals surface area contributed by atoms with Crippen LogP contribution in [-0.2, 0) is 6.54 Å². The number of rotatable bonds is 3. The van der Waals surface area contributed by atoms with Gasteiger partial charge in [-0.25, -0.2) is 0 Å². The average Bonchev–Trinajstić information content (AvgIpc) is 2.90. The highest BCUT2D eigenvalue weighted by Crippen LogP contribution is 2.37. The van der Waals surface area contributed by atoms with E-state index in [0.717, 1.165) is 12.1 Å². The van der Waals surface area contributed by atoms with Crippen LogP contribution in [0.5, 0.6) is 0 Å². The SMILES string of the molecule is CC1(C)CCCC1NCc1coc2ccccc12. The second kappa shape index (κ2) is 4.43. The van der Waals surface area contributed by atoms with Crippen LogP contribution in [0, 0.1) is 5.41 Å². The molecule has 1 unspecified atom stereocenters. The Hall–Kier alpha value is -1.28. The van der Waals surface area contributed by atoms with E-state index in [1.807, 2.05) is 18.4 Å². The van der Waals surface area contributed by atoms with Crippen LogP contribution < -0.4 is 5.32 Å². The molecule has 2 heteroatoms. The van der Waals surface area contributed by atoms with Crippen molar-refractivity contribution in [3.05, 3.63) is 36.1 Å². The Labute approximate surface area is 108 Å². The van der Waals surface area contributed by atoms with Crippen LogP contribution in [0.15, 0.2) is 34.9 Å². The molecule has 1 aromatic carbocycles. The van der Waals surface area contributed by atoms with E-state index in [4.69, 9.17) is 4.42 Å². The van der Waals surface area contributed by atoms with E-state index in [0.29, 0.717) is 11.5 Å². The van der Waals surface area contributed by atoms with Gasteiger partial charge in [0.1, 0.15) is 5.58 Å². The highest BCUT2D eigenvalue weighted by Gasteiger charge is 2.33. The minimum Gasteiger partial charge on any atom is -0.464 e. The first-order valence-electron chi connectivity index (χ1n) is 6.85. The first-order chi connectivity index (χ1) is 8.67. The van der Waals surface area contributed by atoms with E-state index < -0.39 is 0 Å². The Bertz CT molecular complexity index is 541. The van der Waals surface area contributed by atoms with Gasteiger partial charge in [-0.3, -0.25) is 0 Å². The molecule has 2 aromatic rings. The molecular weight excluding hydrogens is 222 g/mol. The van der Waals surface area contributed by atoms with Crippen LogP contribution in [0.25, 0.3) is 11.0 Å². The lowest BCUT2D eigenvalue weighted by atomic mass is 9.87. The molecule has 1 aliphatic carbocycles. The van der Waals surface area contributed by atoms with Gasteiger partial charge in [0.05, 0.1) is 6.26 Å². The van der Waals surface area contributed by atoms with Gasteiger partial charge >= 0.3 is 0 Å². The lowest BCUT2D eigenvalue weighted by Gasteiger charge is -2.27. The van der Waals surface area contributed by atoms with Gasteiger partial charge in [0.2, 0.25) is 0 Å². The number of hydrogen-bond acceptors (Lipinski definition) is 2. The van der Waals surface area contributed by atoms with Gasteiger partial charge in [-0.1, -0.05) is 38.5 Å². The molecule has 0 saturated heterocycles. The minimum absolute atomic E-state index is 0.430. The summed E-state index contributed by atoms with van der Waals surface area (Å²) in [5.74, 6) is 0. The van der Waals surface area contributed by atoms with Crippen LogP contribution in [0.4, 0.5) is 0 Å². The molecule has 2 nitrogen and oxygen atoms in total. The first-order valence-corrected chi connectivity index (χ1v) is 6.85. The molecule has 1 saturated carbocycles. The molecule has 18 heavy (non-hydrogen) atoms. The number of benzene rings is 1. The monoisotopic (exact) mass is 243 g/mol. The van der Waals surface area contributed by atoms with Crippen molar-refractivity contribution in [1.29, 1.82) is 0 Å².